The van der Waals surface area contributed by atoms with Crippen molar-refractivity contribution in [3.63, 3.8) is 0 Å². The molecule has 0 spiro atoms. The lowest BCUT2D eigenvalue weighted by Gasteiger charge is -2.21. The molecule has 0 radical (unpaired) electrons. The predicted molar refractivity (Wildman–Crippen MR) is 94.8 cm³/mol. The molecule has 1 heterocycles. The molecule has 0 bridgehead atoms. The number of aromatic carboxylic acids is 1. The van der Waals surface area contributed by atoms with Gasteiger partial charge in [0, 0.05) is 5.56 Å². The lowest BCUT2D eigenvalue weighted by molar-refractivity contribution is -0.124. The van der Waals surface area contributed by atoms with Gasteiger partial charge in [-0.05, 0) is 37.1 Å². The zero-order valence-corrected chi connectivity index (χ0v) is 14.9. The molecule has 2 rings (SSSR count). The quantitative estimate of drug-likeness (QED) is 0.704. The van der Waals surface area contributed by atoms with Gasteiger partial charge in [-0.1, -0.05) is 31.5 Å². The molecule has 0 aliphatic carbocycles. The zero-order valence-electron chi connectivity index (χ0n) is 14.9. The molecule has 2 aromatic rings. The van der Waals surface area contributed by atoms with Crippen LogP contribution in [0.4, 0.5) is 0 Å². The van der Waals surface area contributed by atoms with Gasteiger partial charge < -0.3 is 20.2 Å². The Morgan fingerprint density at radius 3 is 2.46 bits per heavy atom. The van der Waals surface area contributed by atoms with Gasteiger partial charge in [-0.2, -0.15) is 0 Å². The third kappa shape index (κ3) is 4.95. The molecule has 26 heavy (non-hydrogen) atoms. The summed E-state index contributed by atoms with van der Waals surface area (Å²) in [5.74, 6) is -1.86. The van der Waals surface area contributed by atoms with Crippen LogP contribution in [0.25, 0.3) is 0 Å². The Morgan fingerprint density at radius 1 is 1.15 bits per heavy atom. The van der Waals surface area contributed by atoms with E-state index in [0.29, 0.717) is 11.3 Å². The summed E-state index contributed by atoms with van der Waals surface area (Å²) < 4.78 is 5.10. The molecule has 1 aromatic heterocycles. The van der Waals surface area contributed by atoms with E-state index in [1.165, 1.54) is 12.1 Å². The third-order valence-electron chi connectivity index (χ3n) is 3.83. The lowest BCUT2D eigenvalue weighted by atomic mass is 10.0. The molecular formula is C19H22N2O5. The normalized spacial score (nSPS) is 11.8. The van der Waals surface area contributed by atoms with Crippen molar-refractivity contribution in [3.8, 4) is 0 Å². The van der Waals surface area contributed by atoms with Gasteiger partial charge in [0.1, 0.15) is 11.8 Å². The summed E-state index contributed by atoms with van der Waals surface area (Å²) >= 11 is 0. The van der Waals surface area contributed by atoms with Gasteiger partial charge in [-0.25, -0.2) is 4.79 Å². The Kier molecular flexibility index (Phi) is 6.16. The van der Waals surface area contributed by atoms with Crippen LogP contribution >= 0.6 is 0 Å². The van der Waals surface area contributed by atoms with Crippen LogP contribution < -0.4 is 10.6 Å². The standard InChI is InChI=1S/C19H22N2O5/c1-11(2)16(21-17(22)13-6-4-5-12(3)9-13)18(23)20-10-14-7-8-15(26-14)19(24)25/h4-9,11,16H,10H2,1-3H3,(H,20,23)(H,21,22)(H,24,25). The topological polar surface area (TPSA) is 109 Å². The first kappa shape index (κ1) is 19.2. The number of carboxylic acids is 1. The number of hydrogen-bond acceptors (Lipinski definition) is 4. The van der Waals surface area contributed by atoms with E-state index in [-0.39, 0.29) is 30.0 Å². The molecule has 1 atom stereocenters. The smallest absolute Gasteiger partial charge is 0.371 e. The van der Waals surface area contributed by atoms with Crippen molar-refractivity contribution in [3.05, 3.63) is 59.0 Å². The van der Waals surface area contributed by atoms with Crippen molar-refractivity contribution in [2.75, 3.05) is 0 Å². The molecule has 138 valence electrons. The first-order valence-electron chi connectivity index (χ1n) is 8.25. The molecule has 0 aliphatic heterocycles. The number of carboxylic acid groups (broad SMARTS) is 1. The monoisotopic (exact) mass is 358 g/mol. The number of nitrogens with one attached hydrogen (secondary N) is 2. The number of furan rings is 1. The van der Waals surface area contributed by atoms with E-state index in [0.717, 1.165) is 5.56 Å². The SMILES string of the molecule is Cc1cccc(C(=O)NC(C(=O)NCc2ccc(C(=O)O)o2)C(C)C)c1. The summed E-state index contributed by atoms with van der Waals surface area (Å²) in [4.78, 5) is 35.6. The van der Waals surface area contributed by atoms with Crippen molar-refractivity contribution >= 4 is 17.8 Å². The number of carbonyl (C=O) groups excluding carboxylic acids is 2. The Hall–Kier alpha value is -3.09. The van der Waals surface area contributed by atoms with E-state index < -0.39 is 12.0 Å². The summed E-state index contributed by atoms with van der Waals surface area (Å²) in [6.07, 6.45) is 0. The van der Waals surface area contributed by atoms with Crippen LogP contribution in [0.15, 0.2) is 40.8 Å². The van der Waals surface area contributed by atoms with Gasteiger partial charge in [-0.15, -0.1) is 0 Å². The summed E-state index contributed by atoms with van der Waals surface area (Å²) in [6, 6.07) is 9.19. The lowest BCUT2D eigenvalue weighted by Crippen LogP contribution is -2.49. The summed E-state index contributed by atoms with van der Waals surface area (Å²) in [7, 11) is 0. The van der Waals surface area contributed by atoms with Crippen molar-refractivity contribution < 1.29 is 23.9 Å². The second-order valence-corrected chi connectivity index (χ2v) is 6.35. The highest BCUT2D eigenvalue weighted by molar-refractivity contribution is 5.97. The number of rotatable bonds is 7. The second-order valence-electron chi connectivity index (χ2n) is 6.35. The number of aryl methyl sites for hydroxylation is 1. The molecule has 7 nitrogen and oxygen atoms in total. The van der Waals surface area contributed by atoms with Gasteiger partial charge in [-0.3, -0.25) is 9.59 Å². The molecule has 1 aromatic carbocycles. The fourth-order valence-corrected chi connectivity index (χ4v) is 2.42. The minimum Gasteiger partial charge on any atom is -0.475 e. The Bertz CT molecular complexity index is 810. The van der Waals surface area contributed by atoms with E-state index in [2.05, 4.69) is 10.6 Å². The maximum atomic E-state index is 12.4. The van der Waals surface area contributed by atoms with Crippen LogP contribution in [-0.4, -0.2) is 28.9 Å². The Balaban J connectivity index is 2.00. The molecular weight excluding hydrogens is 336 g/mol. The zero-order chi connectivity index (χ0) is 19.3. The largest absolute Gasteiger partial charge is 0.475 e. The molecule has 1 unspecified atom stereocenters. The highest BCUT2D eigenvalue weighted by Gasteiger charge is 2.25. The Morgan fingerprint density at radius 2 is 1.88 bits per heavy atom. The number of hydrogen-bond donors (Lipinski definition) is 3. The van der Waals surface area contributed by atoms with Gasteiger partial charge >= 0.3 is 5.97 Å². The summed E-state index contributed by atoms with van der Waals surface area (Å²) in [5, 5.41) is 14.2. The van der Waals surface area contributed by atoms with Crippen LogP contribution in [-0.2, 0) is 11.3 Å². The second kappa shape index (κ2) is 8.33. The van der Waals surface area contributed by atoms with E-state index in [4.69, 9.17) is 9.52 Å². The van der Waals surface area contributed by atoms with E-state index in [1.807, 2.05) is 26.8 Å². The molecule has 3 N–H and O–H groups in total. The molecule has 2 amide bonds. The molecule has 0 aliphatic rings. The molecule has 0 saturated carbocycles. The van der Waals surface area contributed by atoms with Crippen molar-refractivity contribution in [2.24, 2.45) is 5.92 Å². The van der Waals surface area contributed by atoms with Gasteiger partial charge in [0.25, 0.3) is 5.91 Å². The predicted octanol–water partition coefficient (Wildman–Crippen LogP) is 2.36. The average Bonchev–Trinajstić information content (AvgIpc) is 3.06. The van der Waals surface area contributed by atoms with E-state index >= 15 is 0 Å². The van der Waals surface area contributed by atoms with E-state index in [9.17, 15) is 14.4 Å². The van der Waals surface area contributed by atoms with E-state index in [1.54, 1.807) is 18.2 Å². The molecule has 7 heteroatoms. The highest BCUT2D eigenvalue weighted by atomic mass is 16.4. The van der Waals surface area contributed by atoms with Crippen molar-refractivity contribution in [1.29, 1.82) is 0 Å². The van der Waals surface area contributed by atoms with Gasteiger partial charge in [0.05, 0.1) is 6.54 Å². The third-order valence-corrected chi connectivity index (χ3v) is 3.83. The van der Waals surface area contributed by atoms with Crippen molar-refractivity contribution in [1.82, 2.24) is 10.6 Å². The summed E-state index contributed by atoms with van der Waals surface area (Å²) in [6.45, 7) is 5.58. The van der Waals surface area contributed by atoms with Crippen LogP contribution in [0.3, 0.4) is 0 Å². The number of amides is 2. The highest BCUT2D eigenvalue weighted by Crippen LogP contribution is 2.10. The fourth-order valence-electron chi connectivity index (χ4n) is 2.42. The van der Waals surface area contributed by atoms with Gasteiger partial charge in [0.15, 0.2) is 0 Å². The Labute approximate surface area is 151 Å². The minimum absolute atomic E-state index is 0.0374. The fraction of sp³-hybridized carbons (Fsp3) is 0.316. The van der Waals surface area contributed by atoms with Gasteiger partial charge in [0.2, 0.25) is 11.7 Å². The first-order chi connectivity index (χ1) is 12.3. The minimum atomic E-state index is -1.17. The maximum Gasteiger partial charge on any atom is 0.371 e. The van der Waals surface area contributed by atoms with Crippen LogP contribution in [0, 0.1) is 12.8 Å². The van der Waals surface area contributed by atoms with Crippen molar-refractivity contribution in [2.45, 2.75) is 33.4 Å². The number of carbonyl (C=O) groups is 3. The first-order valence-corrected chi connectivity index (χ1v) is 8.25. The van der Waals surface area contributed by atoms with Crippen LogP contribution in [0.5, 0.6) is 0 Å². The number of benzene rings is 1. The molecule has 0 saturated heterocycles. The maximum absolute atomic E-state index is 12.4. The molecule has 0 fully saturated rings. The summed E-state index contributed by atoms with van der Waals surface area (Å²) in [5.41, 5.74) is 1.44. The van der Waals surface area contributed by atoms with Crippen LogP contribution in [0.2, 0.25) is 0 Å². The van der Waals surface area contributed by atoms with Crippen LogP contribution in [0.1, 0.15) is 46.1 Å². The average molecular weight is 358 g/mol.